The number of benzene rings is 1. The van der Waals surface area contributed by atoms with Gasteiger partial charge in [0.15, 0.2) is 0 Å². The molecule has 1 aromatic rings. The van der Waals surface area contributed by atoms with E-state index in [2.05, 4.69) is 26.6 Å². The Balaban J connectivity index is 1.93. The van der Waals surface area contributed by atoms with Crippen molar-refractivity contribution in [3.05, 3.63) is 28.7 Å². The molecule has 0 saturated carbocycles. The van der Waals surface area contributed by atoms with E-state index in [-0.39, 0.29) is 24.4 Å². The zero-order valence-electron chi connectivity index (χ0n) is 11.4. The number of carbonyl (C=O) groups excluding carboxylic acids is 2. The van der Waals surface area contributed by atoms with E-state index in [9.17, 15) is 9.59 Å². The van der Waals surface area contributed by atoms with E-state index < -0.39 is 0 Å². The first-order valence-electron chi connectivity index (χ1n) is 6.64. The highest BCUT2D eigenvalue weighted by atomic mass is 79.9. The van der Waals surface area contributed by atoms with Crippen molar-refractivity contribution < 1.29 is 9.59 Å². The molecule has 2 N–H and O–H groups in total. The summed E-state index contributed by atoms with van der Waals surface area (Å²) >= 11 is 3.34. The summed E-state index contributed by atoms with van der Waals surface area (Å²) in [7, 11) is 0. The van der Waals surface area contributed by atoms with Gasteiger partial charge in [-0.2, -0.15) is 0 Å². The predicted octanol–water partition coefficient (Wildman–Crippen LogP) is 1.60. The van der Waals surface area contributed by atoms with Gasteiger partial charge in [0.2, 0.25) is 11.8 Å². The van der Waals surface area contributed by atoms with Gasteiger partial charge < -0.3 is 15.5 Å². The minimum atomic E-state index is -0.224. The van der Waals surface area contributed by atoms with Gasteiger partial charge >= 0.3 is 0 Å². The second-order valence-electron chi connectivity index (χ2n) is 4.84. The van der Waals surface area contributed by atoms with Gasteiger partial charge in [-0.15, -0.1) is 0 Å². The summed E-state index contributed by atoms with van der Waals surface area (Å²) in [6.07, 6.45) is 0.863. The fourth-order valence-corrected chi connectivity index (χ4v) is 2.39. The molecule has 1 aliphatic heterocycles. The summed E-state index contributed by atoms with van der Waals surface area (Å²) in [6, 6.07) is 7.13. The summed E-state index contributed by atoms with van der Waals surface area (Å²) in [5.74, 6) is -0.191. The summed E-state index contributed by atoms with van der Waals surface area (Å²) in [5.41, 5.74) is 0.728. The maximum absolute atomic E-state index is 12.1. The molecule has 6 heteroatoms. The van der Waals surface area contributed by atoms with E-state index in [1.54, 1.807) is 4.90 Å². The van der Waals surface area contributed by atoms with E-state index in [1.807, 2.05) is 31.2 Å². The topological polar surface area (TPSA) is 61.4 Å². The van der Waals surface area contributed by atoms with Crippen molar-refractivity contribution in [3.63, 3.8) is 0 Å². The molecule has 108 valence electrons. The number of halogens is 1. The van der Waals surface area contributed by atoms with Crippen molar-refractivity contribution in [2.75, 3.05) is 25.0 Å². The van der Waals surface area contributed by atoms with E-state index in [4.69, 9.17) is 0 Å². The molecule has 0 aromatic heterocycles. The van der Waals surface area contributed by atoms with Crippen LogP contribution >= 0.6 is 15.9 Å². The third-order valence-electron chi connectivity index (χ3n) is 3.20. The van der Waals surface area contributed by atoms with Crippen LogP contribution in [0, 0.1) is 0 Å². The maximum Gasteiger partial charge on any atom is 0.243 e. The largest absolute Gasteiger partial charge is 0.332 e. The van der Waals surface area contributed by atoms with E-state index in [0.29, 0.717) is 6.54 Å². The third-order valence-corrected chi connectivity index (χ3v) is 3.73. The van der Waals surface area contributed by atoms with Crippen LogP contribution in [-0.4, -0.2) is 42.4 Å². The van der Waals surface area contributed by atoms with Crippen LogP contribution in [0.5, 0.6) is 0 Å². The zero-order valence-corrected chi connectivity index (χ0v) is 12.9. The van der Waals surface area contributed by atoms with Crippen molar-refractivity contribution in [2.45, 2.75) is 19.4 Å². The molecule has 1 heterocycles. The van der Waals surface area contributed by atoms with Crippen LogP contribution in [0.1, 0.15) is 13.3 Å². The van der Waals surface area contributed by atoms with E-state index in [1.165, 1.54) is 0 Å². The van der Waals surface area contributed by atoms with E-state index in [0.717, 1.165) is 23.1 Å². The number of anilines is 1. The Labute approximate surface area is 126 Å². The maximum atomic E-state index is 12.1. The van der Waals surface area contributed by atoms with Gasteiger partial charge in [-0.3, -0.25) is 9.59 Å². The Morgan fingerprint density at radius 2 is 2.15 bits per heavy atom. The predicted molar refractivity (Wildman–Crippen MR) is 81.4 cm³/mol. The lowest BCUT2D eigenvalue weighted by Crippen LogP contribution is -2.44. The number of rotatable bonds is 3. The zero-order chi connectivity index (χ0) is 14.5. The first kappa shape index (κ1) is 15.0. The quantitative estimate of drug-likeness (QED) is 0.879. The summed E-state index contributed by atoms with van der Waals surface area (Å²) < 4.78 is 0.957. The third kappa shape index (κ3) is 4.05. The number of amides is 2. The molecule has 0 spiro atoms. The molecule has 2 rings (SSSR count). The standard InChI is InChI=1S/C14H18BrN3O2/c1-10-14(20)18(8-2-7-16-10)9-13(19)17-12-5-3-11(15)4-6-12/h3-6,10,16H,2,7-9H2,1H3,(H,17,19). The highest BCUT2D eigenvalue weighted by Gasteiger charge is 2.24. The van der Waals surface area contributed by atoms with Crippen molar-refractivity contribution in [1.29, 1.82) is 0 Å². The van der Waals surface area contributed by atoms with Gasteiger partial charge in [0.25, 0.3) is 0 Å². The SMILES string of the molecule is CC1NCCCN(CC(=O)Nc2ccc(Br)cc2)C1=O. The Kier molecular flexibility index (Phi) is 5.14. The van der Waals surface area contributed by atoms with Crippen LogP contribution in [0.25, 0.3) is 0 Å². The average Bonchev–Trinajstić information content (AvgIpc) is 2.57. The molecule has 1 atom stereocenters. The van der Waals surface area contributed by atoms with Gasteiger partial charge in [-0.1, -0.05) is 15.9 Å². The van der Waals surface area contributed by atoms with Gasteiger partial charge in [0.05, 0.1) is 12.6 Å². The second kappa shape index (κ2) is 6.85. The normalized spacial score (nSPS) is 19.6. The number of hydrogen-bond donors (Lipinski definition) is 2. The molecule has 20 heavy (non-hydrogen) atoms. The van der Waals surface area contributed by atoms with Crippen LogP contribution in [0.3, 0.4) is 0 Å². The number of nitrogens with one attached hydrogen (secondary N) is 2. The summed E-state index contributed by atoms with van der Waals surface area (Å²) in [6.45, 7) is 3.34. The molecule has 5 nitrogen and oxygen atoms in total. The molecule has 1 unspecified atom stereocenters. The van der Waals surface area contributed by atoms with E-state index >= 15 is 0 Å². The Morgan fingerprint density at radius 3 is 2.85 bits per heavy atom. The smallest absolute Gasteiger partial charge is 0.243 e. The average molecular weight is 340 g/mol. The molecular formula is C14H18BrN3O2. The molecule has 1 saturated heterocycles. The van der Waals surface area contributed by atoms with Crippen molar-refractivity contribution in [3.8, 4) is 0 Å². The van der Waals surface area contributed by atoms with Crippen molar-refractivity contribution >= 4 is 33.4 Å². The molecule has 0 bridgehead atoms. The van der Waals surface area contributed by atoms with Gasteiger partial charge in [-0.25, -0.2) is 0 Å². The summed E-state index contributed by atoms with van der Waals surface area (Å²) in [4.78, 5) is 25.7. The fraction of sp³-hybridized carbons (Fsp3) is 0.429. The molecule has 2 amide bonds. The number of carbonyl (C=O) groups is 2. The molecule has 1 fully saturated rings. The van der Waals surface area contributed by atoms with Crippen LogP contribution in [-0.2, 0) is 9.59 Å². The second-order valence-corrected chi connectivity index (χ2v) is 5.76. The Bertz CT molecular complexity index is 490. The first-order chi connectivity index (χ1) is 9.56. The van der Waals surface area contributed by atoms with Crippen LogP contribution in [0.4, 0.5) is 5.69 Å². The van der Waals surface area contributed by atoms with Gasteiger partial charge in [0, 0.05) is 16.7 Å². The van der Waals surface area contributed by atoms with Gasteiger partial charge in [0.1, 0.15) is 0 Å². The molecule has 1 aromatic carbocycles. The number of nitrogens with zero attached hydrogens (tertiary/aromatic N) is 1. The molecule has 0 radical (unpaired) electrons. The van der Waals surface area contributed by atoms with Gasteiger partial charge in [-0.05, 0) is 44.2 Å². The lowest BCUT2D eigenvalue weighted by Gasteiger charge is -2.22. The molecular weight excluding hydrogens is 322 g/mol. The molecule has 0 aliphatic carbocycles. The highest BCUT2D eigenvalue weighted by molar-refractivity contribution is 9.10. The van der Waals surface area contributed by atoms with Crippen LogP contribution < -0.4 is 10.6 Å². The first-order valence-corrected chi connectivity index (χ1v) is 7.43. The number of hydrogen-bond acceptors (Lipinski definition) is 3. The Hall–Kier alpha value is -1.40. The Morgan fingerprint density at radius 1 is 1.45 bits per heavy atom. The van der Waals surface area contributed by atoms with Crippen molar-refractivity contribution in [2.24, 2.45) is 0 Å². The monoisotopic (exact) mass is 339 g/mol. The minimum Gasteiger partial charge on any atom is -0.332 e. The minimum absolute atomic E-state index is 0.0199. The van der Waals surface area contributed by atoms with Crippen LogP contribution in [0.15, 0.2) is 28.7 Å². The van der Waals surface area contributed by atoms with Crippen LogP contribution in [0.2, 0.25) is 0 Å². The highest BCUT2D eigenvalue weighted by Crippen LogP contribution is 2.14. The summed E-state index contributed by atoms with van der Waals surface area (Å²) in [5, 5.41) is 5.92. The fourth-order valence-electron chi connectivity index (χ4n) is 2.12. The molecule has 1 aliphatic rings. The lowest BCUT2D eigenvalue weighted by atomic mass is 10.3. The van der Waals surface area contributed by atoms with Crippen molar-refractivity contribution in [1.82, 2.24) is 10.2 Å². The lowest BCUT2D eigenvalue weighted by molar-refractivity contribution is -0.135.